The summed E-state index contributed by atoms with van der Waals surface area (Å²) >= 11 is 0. The van der Waals surface area contributed by atoms with Gasteiger partial charge >= 0.3 is 11.9 Å². The number of cyclic esters (lactones) is 1. The second kappa shape index (κ2) is 15.3. The molecule has 0 aliphatic carbocycles. The third-order valence-corrected chi connectivity index (χ3v) is 8.38. The first kappa shape index (κ1) is 34.2. The van der Waals surface area contributed by atoms with Crippen LogP contribution in [0.5, 0.6) is 0 Å². The topological polar surface area (TPSA) is 115 Å². The monoisotopic (exact) mass is 564 g/mol. The minimum Gasteiger partial charge on any atom is -0.458 e. The van der Waals surface area contributed by atoms with Crippen molar-refractivity contribution in [1.29, 1.82) is 0 Å². The average Bonchev–Trinajstić information content (AvgIpc) is 3.68. The third-order valence-electron chi connectivity index (χ3n) is 8.38. The highest BCUT2D eigenvalue weighted by Gasteiger charge is 2.50. The summed E-state index contributed by atoms with van der Waals surface area (Å²) in [7, 11) is 1.70. The zero-order valence-corrected chi connectivity index (χ0v) is 25.8. The first-order chi connectivity index (χ1) is 18.7. The van der Waals surface area contributed by atoms with Crippen molar-refractivity contribution in [2.24, 2.45) is 23.2 Å². The van der Waals surface area contributed by atoms with Gasteiger partial charge < -0.3 is 29.2 Å². The number of methoxy groups -OCH3 is 1. The molecule has 0 saturated carbocycles. The molecule has 0 bridgehead atoms. The predicted octanol–water partition coefficient (Wildman–Crippen LogP) is 4.92. The molecule has 0 aromatic carbocycles. The molecule has 2 aliphatic heterocycles. The van der Waals surface area contributed by atoms with Gasteiger partial charge in [-0.1, -0.05) is 65.8 Å². The Bertz CT molecular complexity index is 918. The number of aliphatic hydroxyl groups excluding tert-OH is 2. The van der Waals surface area contributed by atoms with Crippen LogP contribution in [0.15, 0.2) is 36.0 Å². The van der Waals surface area contributed by atoms with Crippen molar-refractivity contribution in [2.45, 2.75) is 124 Å². The van der Waals surface area contributed by atoms with Gasteiger partial charge in [-0.15, -0.1) is 0 Å². The molecule has 2 rings (SSSR count). The number of carbonyl (C=O) groups is 2. The first-order valence-electron chi connectivity index (χ1n) is 14.7. The molecule has 8 nitrogen and oxygen atoms in total. The molecule has 40 heavy (non-hydrogen) atoms. The number of aliphatic hydroxyl groups is 2. The van der Waals surface area contributed by atoms with E-state index in [2.05, 4.69) is 13.8 Å². The van der Waals surface area contributed by atoms with Crippen molar-refractivity contribution in [3.8, 4) is 0 Å². The predicted molar refractivity (Wildman–Crippen MR) is 154 cm³/mol. The van der Waals surface area contributed by atoms with Crippen LogP contribution < -0.4 is 0 Å². The van der Waals surface area contributed by atoms with Crippen LogP contribution in [0, 0.1) is 23.2 Å². The van der Waals surface area contributed by atoms with Crippen molar-refractivity contribution >= 4 is 11.9 Å². The van der Waals surface area contributed by atoms with Gasteiger partial charge in [0, 0.05) is 37.2 Å². The molecule has 2 aliphatic rings. The average molecular weight is 565 g/mol. The van der Waals surface area contributed by atoms with Crippen LogP contribution in [0.4, 0.5) is 0 Å². The first-order valence-corrected chi connectivity index (χ1v) is 14.7. The fourth-order valence-electron chi connectivity index (χ4n) is 5.48. The van der Waals surface area contributed by atoms with Gasteiger partial charge in [-0.05, 0) is 37.8 Å². The number of allylic oxidation sites excluding steroid dienone is 2. The number of ether oxygens (including phenoxy) is 4. The summed E-state index contributed by atoms with van der Waals surface area (Å²) in [4.78, 5) is 24.5. The summed E-state index contributed by atoms with van der Waals surface area (Å²) in [6.07, 6.45) is 8.54. The summed E-state index contributed by atoms with van der Waals surface area (Å²) in [5.41, 5.74) is 0.396. The molecule has 0 aromatic heterocycles. The standard InChI is InChI=1S/C32H52O8/c1-10-25(37-9)22(5)30-31(40-30)28(36)19(2)12-11-13-20(3)29-21(4)14-15-26(38-23(6)33)32(7,8)17-16-24(34)18-27(35)39-29/h11-15,19,21-22,24-26,28-31,34,36H,10,16-18H2,1-9H3/b12-11+,15-14+,20-13+/t19-,21+,22-,24+,25+,26+,28-,29-,30-,31-/m1/s1. The van der Waals surface area contributed by atoms with E-state index in [9.17, 15) is 19.8 Å². The summed E-state index contributed by atoms with van der Waals surface area (Å²) in [5.74, 6) is -0.989. The Hall–Kier alpha value is -2.00. The van der Waals surface area contributed by atoms with E-state index in [1.165, 1.54) is 6.92 Å². The molecule has 0 amide bonds. The zero-order valence-electron chi connectivity index (χ0n) is 25.8. The lowest BCUT2D eigenvalue weighted by Crippen LogP contribution is -2.35. The van der Waals surface area contributed by atoms with E-state index in [1.54, 1.807) is 7.11 Å². The van der Waals surface area contributed by atoms with Gasteiger partial charge in [0.1, 0.15) is 18.3 Å². The van der Waals surface area contributed by atoms with E-state index in [0.717, 1.165) is 12.0 Å². The molecule has 1 fully saturated rings. The molecular weight excluding hydrogens is 512 g/mol. The highest BCUT2D eigenvalue weighted by molar-refractivity contribution is 5.70. The molecule has 0 spiro atoms. The van der Waals surface area contributed by atoms with Gasteiger partial charge in [0.2, 0.25) is 0 Å². The van der Waals surface area contributed by atoms with E-state index in [0.29, 0.717) is 12.8 Å². The fourth-order valence-corrected chi connectivity index (χ4v) is 5.48. The van der Waals surface area contributed by atoms with Crippen LogP contribution in [-0.4, -0.2) is 72.0 Å². The van der Waals surface area contributed by atoms with E-state index < -0.39 is 35.8 Å². The van der Waals surface area contributed by atoms with Crippen molar-refractivity contribution in [3.05, 3.63) is 36.0 Å². The number of hydrogen-bond acceptors (Lipinski definition) is 8. The minimum atomic E-state index is -0.844. The van der Waals surface area contributed by atoms with Crippen molar-refractivity contribution in [3.63, 3.8) is 0 Å². The highest BCUT2D eigenvalue weighted by Crippen LogP contribution is 2.37. The number of hydrogen-bond donors (Lipinski definition) is 2. The molecule has 2 N–H and O–H groups in total. The highest BCUT2D eigenvalue weighted by atomic mass is 16.6. The molecule has 8 heteroatoms. The summed E-state index contributed by atoms with van der Waals surface area (Å²) < 4.78 is 22.8. The summed E-state index contributed by atoms with van der Waals surface area (Å²) in [5, 5.41) is 21.3. The maximum atomic E-state index is 12.7. The van der Waals surface area contributed by atoms with Crippen LogP contribution in [0.2, 0.25) is 0 Å². The van der Waals surface area contributed by atoms with Crippen molar-refractivity contribution in [1.82, 2.24) is 0 Å². The lowest BCUT2D eigenvalue weighted by molar-refractivity contribution is -0.151. The van der Waals surface area contributed by atoms with Gasteiger partial charge in [-0.25, -0.2) is 0 Å². The van der Waals surface area contributed by atoms with E-state index in [4.69, 9.17) is 18.9 Å². The number of rotatable bonds is 10. The van der Waals surface area contributed by atoms with Crippen LogP contribution in [0.1, 0.15) is 81.1 Å². The quantitative estimate of drug-likeness (QED) is 0.166. The Balaban J connectivity index is 2.16. The minimum absolute atomic E-state index is 0.0209. The maximum Gasteiger partial charge on any atom is 0.309 e. The Morgan fingerprint density at radius 1 is 1.23 bits per heavy atom. The SMILES string of the molecule is CC[C@H](OC)[C@@H](C)[C@H]1O[C@@H]1[C@H](O)[C@H](C)/C=C/C=C(\C)[C@H]1OC(=O)C[C@@H](O)CCC(C)(C)[C@@H](OC(C)=O)/C=C/[C@@H]1C. The molecule has 0 unspecified atom stereocenters. The Morgan fingerprint density at radius 3 is 2.50 bits per heavy atom. The Morgan fingerprint density at radius 2 is 1.90 bits per heavy atom. The van der Waals surface area contributed by atoms with E-state index in [1.807, 2.05) is 65.0 Å². The largest absolute Gasteiger partial charge is 0.458 e. The summed E-state index contributed by atoms with van der Waals surface area (Å²) in [6.45, 7) is 15.3. The van der Waals surface area contributed by atoms with Crippen LogP contribution >= 0.6 is 0 Å². The van der Waals surface area contributed by atoms with Crippen LogP contribution in [0.3, 0.4) is 0 Å². The number of carbonyl (C=O) groups excluding carboxylic acids is 2. The number of epoxide rings is 1. The molecule has 10 atom stereocenters. The maximum absolute atomic E-state index is 12.7. The second-order valence-electron chi connectivity index (χ2n) is 12.3. The van der Waals surface area contributed by atoms with Crippen molar-refractivity contribution < 1.29 is 38.7 Å². The number of esters is 2. The zero-order chi connectivity index (χ0) is 30.2. The van der Waals surface area contributed by atoms with E-state index >= 15 is 0 Å². The molecule has 0 aromatic rings. The molecule has 2 heterocycles. The van der Waals surface area contributed by atoms with Gasteiger partial charge in [0.05, 0.1) is 30.8 Å². The van der Waals surface area contributed by atoms with Gasteiger partial charge in [-0.2, -0.15) is 0 Å². The molecule has 0 radical (unpaired) electrons. The lowest BCUT2D eigenvalue weighted by Gasteiger charge is -2.33. The van der Waals surface area contributed by atoms with Crippen molar-refractivity contribution in [2.75, 3.05) is 7.11 Å². The van der Waals surface area contributed by atoms with Crippen LogP contribution in [0.25, 0.3) is 0 Å². The normalized spacial score (nSPS) is 33.6. The van der Waals surface area contributed by atoms with Gasteiger partial charge in [0.15, 0.2) is 0 Å². The second-order valence-corrected chi connectivity index (χ2v) is 12.3. The smallest absolute Gasteiger partial charge is 0.309 e. The molecule has 1 saturated heterocycles. The van der Waals surface area contributed by atoms with Crippen LogP contribution in [-0.2, 0) is 28.5 Å². The molecular formula is C32H52O8. The fraction of sp³-hybridized carbons (Fsp3) is 0.750. The van der Waals surface area contributed by atoms with Gasteiger partial charge in [0.25, 0.3) is 0 Å². The lowest BCUT2D eigenvalue weighted by atomic mass is 9.80. The van der Waals surface area contributed by atoms with E-state index in [-0.39, 0.29) is 48.5 Å². The molecule has 228 valence electrons. The summed E-state index contributed by atoms with van der Waals surface area (Å²) in [6, 6.07) is 0. The Kier molecular flexibility index (Phi) is 13.1. The van der Waals surface area contributed by atoms with Gasteiger partial charge in [-0.3, -0.25) is 9.59 Å². The third kappa shape index (κ3) is 9.82. The Labute approximate surface area is 240 Å².